The summed E-state index contributed by atoms with van der Waals surface area (Å²) in [5.41, 5.74) is 0. The summed E-state index contributed by atoms with van der Waals surface area (Å²) >= 11 is 0. The number of aliphatic carboxylic acids is 1. The number of nitrogens with zero attached hydrogens (tertiary/aromatic N) is 3. The number of hydrogen-bond donors (Lipinski definition) is 1. The van der Waals surface area contributed by atoms with E-state index >= 15 is 0 Å². The Kier molecular flexibility index (Phi) is 8.61. The van der Waals surface area contributed by atoms with Crippen molar-refractivity contribution in [1.82, 2.24) is 14.7 Å². The minimum absolute atomic E-state index is 0.245. The zero-order valence-corrected chi connectivity index (χ0v) is 12.1. The Bertz CT molecular complexity index is 306. The standard InChI is InChI=1S/C13H25N3O3/c1-5-8-16(11-12(17)18)13(19)15(6-2)10-7-9-14(3)4/h5H,1,6-11H2,2-4H3,(H,17,18). The van der Waals surface area contributed by atoms with Crippen LogP contribution in [-0.4, -0.2) is 78.6 Å². The Morgan fingerprint density at radius 1 is 1.21 bits per heavy atom. The normalized spacial score (nSPS) is 10.3. The van der Waals surface area contributed by atoms with Gasteiger partial charge in [0.05, 0.1) is 0 Å². The van der Waals surface area contributed by atoms with E-state index < -0.39 is 5.97 Å². The van der Waals surface area contributed by atoms with E-state index in [1.807, 2.05) is 21.0 Å². The third-order valence-electron chi connectivity index (χ3n) is 2.63. The molecule has 0 saturated heterocycles. The summed E-state index contributed by atoms with van der Waals surface area (Å²) in [5, 5.41) is 8.81. The van der Waals surface area contributed by atoms with Gasteiger partial charge in [0.15, 0.2) is 0 Å². The number of carbonyl (C=O) groups is 2. The van der Waals surface area contributed by atoms with Crippen LogP contribution in [0.25, 0.3) is 0 Å². The molecule has 0 aliphatic carbocycles. The van der Waals surface area contributed by atoms with Crippen molar-refractivity contribution in [2.75, 3.05) is 46.8 Å². The molecule has 0 aliphatic heterocycles. The molecule has 0 fully saturated rings. The van der Waals surface area contributed by atoms with E-state index in [1.165, 1.54) is 11.0 Å². The Labute approximate surface area is 115 Å². The third kappa shape index (κ3) is 7.46. The SMILES string of the molecule is C=CCN(CC(=O)O)C(=O)N(CC)CCCN(C)C. The minimum atomic E-state index is -1.01. The predicted octanol–water partition coefficient (Wildman–Crippen LogP) is 0.953. The van der Waals surface area contributed by atoms with Gasteiger partial charge in [-0.1, -0.05) is 6.08 Å². The van der Waals surface area contributed by atoms with Gasteiger partial charge >= 0.3 is 12.0 Å². The Morgan fingerprint density at radius 3 is 2.26 bits per heavy atom. The van der Waals surface area contributed by atoms with Crippen LogP contribution in [0, 0.1) is 0 Å². The van der Waals surface area contributed by atoms with E-state index in [-0.39, 0.29) is 19.1 Å². The zero-order chi connectivity index (χ0) is 14.8. The second-order valence-electron chi connectivity index (χ2n) is 4.58. The molecular weight excluding hydrogens is 246 g/mol. The van der Waals surface area contributed by atoms with Crippen molar-refractivity contribution >= 4 is 12.0 Å². The molecule has 1 N–H and O–H groups in total. The van der Waals surface area contributed by atoms with Crippen LogP contribution in [-0.2, 0) is 4.79 Å². The van der Waals surface area contributed by atoms with Crippen molar-refractivity contribution in [3.63, 3.8) is 0 Å². The van der Waals surface area contributed by atoms with Gasteiger partial charge in [0.25, 0.3) is 0 Å². The fourth-order valence-electron chi connectivity index (χ4n) is 1.70. The van der Waals surface area contributed by atoms with Gasteiger partial charge in [-0.2, -0.15) is 0 Å². The lowest BCUT2D eigenvalue weighted by Gasteiger charge is -2.28. The Morgan fingerprint density at radius 2 is 1.84 bits per heavy atom. The Balaban J connectivity index is 4.49. The molecule has 6 heteroatoms. The van der Waals surface area contributed by atoms with E-state index in [0.29, 0.717) is 13.1 Å². The van der Waals surface area contributed by atoms with E-state index in [2.05, 4.69) is 11.5 Å². The lowest BCUT2D eigenvalue weighted by atomic mass is 10.3. The van der Waals surface area contributed by atoms with Crippen molar-refractivity contribution in [1.29, 1.82) is 0 Å². The highest BCUT2D eigenvalue weighted by molar-refractivity contribution is 5.80. The number of carbonyl (C=O) groups excluding carboxylic acids is 1. The van der Waals surface area contributed by atoms with E-state index in [1.54, 1.807) is 4.90 Å². The van der Waals surface area contributed by atoms with E-state index in [0.717, 1.165) is 13.0 Å². The number of carboxylic acids is 1. The number of urea groups is 1. The molecule has 0 aromatic carbocycles. The van der Waals surface area contributed by atoms with Gasteiger partial charge in [0.2, 0.25) is 0 Å². The maximum absolute atomic E-state index is 12.2. The first-order valence-electron chi connectivity index (χ1n) is 6.43. The van der Waals surface area contributed by atoms with Crippen molar-refractivity contribution in [3.05, 3.63) is 12.7 Å². The molecule has 0 spiro atoms. The Hall–Kier alpha value is -1.56. The maximum atomic E-state index is 12.2. The maximum Gasteiger partial charge on any atom is 0.323 e. The molecule has 0 atom stereocenters. The first kappa shape index (κ1) is 17.4. The first-order chi connectivity index (χ1) is 8.92. The largest absolute Gasteiger partial charge is 0.480 e. The smallest absolute Gasteiger partial charge is 0.323 e. The highest BCUT2D eigenvalue weighted by Gasteiger charge is 2.20. The topological polar surface area (TPSA) is 64.1 Å². The molecule has 0 saturated carbocycles. The van der Waals surface area contributed by atoms with Gasteiger partial charge in [-0.05, 0) is 34.0 Å². The van der Waals surface area contributed by atoms with Crippen molar-refractivity contribution in [2.24, 2.45) is 0 Å². The van der Waals surface area contributed by atoms with Crippen LogP contribution >= 0.6 is 0 Å². The highest BCUT2D eigenvalue weighted by atomic mass is 16.4. The van der Waals surface area contributed by atoms with Crippen LogP contribution in [0.1, 0.15) is 13.3 Å². The second-order valence-corrected chi connectivity index (χ2v) is 4.58. The van der Waals surface area contributed by atoms with Crippen LogP contribution in [0.4, 0.5) is 4.79 Å². The summed E-state index contributed by atoms with van der Waals surface area (Å²) in [7, 11) is 3.96. The summed E-state index contributed by atoms with van der Waals surface area (Å²) < 4.78 is 0. The van der Waals surface area contributed by atoms with Gasteiger partial charge < -0.3 is 19.8 Å². The zero-order valence-electron chi connectivity index (χ0n) is 12.1. The number of carboxylic acid groups (broad SMARTS) is 1. The molecule has 0 aliphatic rings. The molecule has 0 rings (SSSR count). The molecule has 6 nitrogen and oxygen atoms in total. The van der Waals surface area contributed by atoms with Crippen LogP contribution in [0.3, 0.4) is 0 Å². The monoisotopic (exact) mass is 271 g/mol. The van der Waals surface area contributed by atoms with Gasteiger partial charge in [-0.15, -0.1) is 6.58 Å². The van der Waals surface area contributed by atoms with Crippen LogP contribution < -0.4 is 0 Å². The third-order valence-corrected chi connectivity index (χ3v) is 2.63. The summed E-state index contributed by atoms with van der Waals surface area (Å²) in [4.78, 5) is 28.0. The average Bonchev–Trinajstić information content (AvgIpc) is 2.32. The van der Waals surface area contributed by atoms with Gasteiger partial charge in [0.1, 0.15) is 6.54 Å². The number of hydrogen-bond acceptors (Lipinski definition) is 3. The molecule has 2 amide bonds. The highest BCUT2D eigenvalue weighted by Crippen LogP contribution is 2.01. The van der Waals surface area contributed by atoms with Crippen LogP contribution in [0.2, 0.25) is 0 Å². The van der Waals surface area contributed by atoms with Crippen molar-refractivity contribution < 1.29 is 14.7 Å². The van der Waals surface area contributed by atoms with Crippen LogP contribution in [0.15, 0.2) is 12.7 Å². The molecule has 19 heavy (non-hydrogen) atoms. The molecule has 0 aromatic heterocycles. The fourth-order valence-corrected chi connectivity index (χ4v) is 1.70. The number of amides is 2. The molecule has 0 heterocycles. The first-order valence-corrected chi connectivity index (χ1v) is 6.43. The molecule has 0 unspecified atom stereocenters. The molecule has 0 radical (unpaired) electrons. The lowest BCUT2D eigenvalue weighted by molar-refractivity contribution is -0.137. The van der Waals surface area contributed by atoms with Gasteiger partial charge in [-0.25, -0.2) is 4.79 Å². The van der Waals surface area contributed by atoms with Crippen LogP contribution in [0.5, 0.6) is 0 Å². The fraction of sp³-hybridized carbons (Fsp3) is 0.692. The van der Waals surface area contributed by atoms with Gasteiger partial charge in [-0.3, -0.25) is 4.79 Å². The predicted molar refractivity (Wildman–Crippen MR) is 75.2 cm³/mol. The van der Waals surface area contributed by atoms with E-state index in [4.69, 9.17) is 5.11 Å². The summed E-state index contributed by atoms with van der Waals surface area (Å²) in [5.74, 6) is -1.01. The molecule has 110 valence electrons. The minimum Gasteiger partial charge on any atom is -0.480 e. The summed E-state index contributed by atoms with van der Waals surface area (Å²) in [6.45, 7) is 7.47. The van der Waals surface area contributed by atoms with Gasteiger partial charge in [0, 0.05) is 19.6 Å². The van der Waals surface area contributed by atoms with Crippen molar-refractivity contribution in [2.45, 2.75) is 13.3 Å². The second kappa shape index (κ2) is 9.38. The van der Waals surface area contributed by atoms with E-state index in [9.17, 15) is 9.59 Å². The quantitative estimate of drug-likeness (QED) is 0.634. The lowest BCUT2D eigenvalue weighted by Crippen LogP contribution is -2.46. The average molecular weight is 271 g/mol. The number of rotatable bonds is 9. The summed E-state index contributed by atoms with van der Waals surface area (Å²) in [6.07, 6.45) is 2.40. The summed E-state index contributed by atoms with van der Waals surface area (Å²) in [6, 6.07) is -0.247. The molecule has 0 bridgehead atoms. The van der Waals surface area contributed by atoms with Crippen molar-refractivity contribution in [3.8, 4) is 0 Å². The molecule has 0 aromatic rings. The molecular formula is C13H25N3O3.